The third kappa shape index (κ3) is 3.45. The molecule has 22 heavy (non-hydrogen) atoms. The third-order valence-corrected chi connectivity index (χ3v) is 2.94. The van der Waals surface area contributed by atoms with E-state index in [4.69, 9.17) is 10.6 Å². The molecule has 112 valence electrons. The minimum Gasteiger partial charge on any atom is -0.380 e. The zero-order valence-electron chi connectivity index (χ0n) is 11.7. The summed E-state index contributed by atoms with van der Waals surface area (Å²) in [5.41, 5.74) is 6.61. The fourth-order valence-corrected chi connectivity index (χ4v) is 1.74. The van der Waals surface area contributed by atoms with Crippen LogP contribution < -0.4 is 5.73 Å². The molecule has 7 nitrogen and oxygen atoms in total. The fraction of sp³-hybridized carbons (Fsp3) is 0.0667. The Hall–Kier alpha value is -3.22. The molecule has 0 radical (unpaired) electrons. The first-order chi connectivity index (χ1) is 10.5. The van der Waals surface area contributed by atoms with Gasteiger partial charge in [-0.1, -0.05) is 41.6 Å². The second-order valence-electron chi connectivity index (χ2n) is 4.48. The van der Waals surface area contributed by atoms with E-state index >= 15 is 0 Å². The predicted molar refractivity (Wildman–Crippen MR) is 80.4 cm³/mol. The smallest absolute Gasteiger partial charge is 0.366 e. The zero-order chi connectivity index (χ0) is 16.1. The van der Waals surface area contributed by atoms with E-state index < -0.39 is 10.9 Å². The number of rotatable bonds is 4. The topological polar surface area (TPSA) is 108 Å². The monoisotopic (exact) mass is 299 g/mol. The van der Waals surface area contributed by atoms with E-state index in [-0.39, 0.29) is 17.1 Å². The van der Waals surface area contributed by atoms with Gasteiger partial charge in [0, 0.05) is 17.2 Å². The molecule has 0 bridgehead atoms. The minimum absolute atomic E-state index is 0.0295. The largest absolute Gasteiger partial charge is 0.380 e. The molecule has 0 aliphatic heterocycles. The van der Waals surface area contributed by atoms with Crippen LogP contribution in [0.15, 0.2) is 53.7 Å². The number of nitrogens with zero attached hydrogens (tertiary/aromatic N) is 2. The van der Waals surface area contributed by atoms with Gasteiger partial charge in [0.2, 0.25) is 0 Å². The molecule has 7 heteroatoms. The van der Waals surface area contributed by atoms with Crippen molar-refractivity contribution in [3.05, 3.63) is 75.3 Å². The van der Waals surface area contributed by atoms with Crippen LogP contribution in [0.2, 0.25) is 0 Å². The van der Waals surface area contributed by atoms with Crippen LogP contribution in [0.4, 0.5) is 5.69 Å². The van der Waals surface area contributed by atoms with Gasteiger partial charge in [-0.3, -0.25) is 10.1 Å². The number of hydrogen-bond acceptors (Lipinski definition) is 5. The molecular formula is C15H13N3O4. The summed E-state index contributed by atoms with van der Waals surface area (Å²) in [6, 6.07) is 12.8. The quantitative estimate of drug-likeness (QED) is 0.306. The molecule has 0 spiro atoms. The van der Waals surface area contributed by atoms with Gasteiger partial charge in [-0.25, -0.2) is 4.79 Å². The maximum atomic E-state index is 11.9. The number of carbonyl (C=O) groups excluding carboxylic acids is 1. The molecule has 0 amide bonds. The minimum atomic E-state index is -0.818. The molecule has 2 aromatic rings. The fourth-order valence-electron chi connectivity index (χ4n) is 1.74. The average Bonchev–Trinajstić information content (AvgIpc) is 2.53. The molecule has 0 fully saturated rings. The van der Waals surface area contributed by atoms with Crippen molar-refractivity contribution < 1.29 is 14.6 Å². The molecule has 2 aromatic carbocycles. The van der Waals surface area contributed by atoms with Gasteiger partial charge in [-0.15, -0.1) is 0 Å². The van der Waals surface area contributed by atoms with Crippen LogP contribution >= 0.6 is 0 Å². The number of amidine groups is 1. The summed E-state index contributed by atoms with van der Waals surface area (Å²) in [5, 5.41) is 14.4. The zero-order valence-corrected chi connectivity index (χ0v) is 11.7. The van der Waals surface area contributed by atoms with Gasteiger partial charge in [0.1, 0.15) is 0 Å². The van der Waals surface area contributed by atoms with E-state index in [0.717, 1.165) is 6.07 Å². The molecular weight excluding hydrogens is 286 g/mol. The van der Waals surface area contributed by atoms with Crippen molar-refractivity contribution in [2.24, 2.45) is 10.9 Å². The maximum Gasteiger partial charge on any atom is 0.366 e. The van der Waals surface area contributed by atoms with Crippen molar-refractivity contribution in [1.82, 2.24) is 0 Å². The number of carbonyl (C=O) groups is 1. The highest BCUT2D eigenvalue weighted by molar-refractivity contribution is 5.98. The first-order valence-electron chi connectivity index (χ1n) is 6.34. The maximum absolute atomic E-state index is 11.9. The molecule has 0 aromatic heterocycles. The Morgan fingerprint density at radius 1 is 1.18 bits per heavy atom. The summed E-state index contributed by atoms with van der Waals surface area (Å²) in [4.78, 5) is 26.9. The molecule has 0 heterocycles. The lowest BCUT2D eigenvalue weighted by Crippen LogP contribution is -2.15. The number of nitro benzene ring substituents is 1. The second-order valence-corrected chi connectivity index (χ2v) is 4.48. The van der Waals surface area contributed by atoms with Crippen molar-refractivity contribution >= 4 is 17.5 Å². The molecule has 0 saturated heterocycles. The van der Waals surface area contributed by atoms with E-state index in [1.807, 2.05) is 6.07 Å². The summed E-state index contributed by atoms with van der Waals surface area (Å²) in [7, 11) is 0. The summed E-state index contributed by atoms with van der Waals surface area (Å²) in [6.45, 7) is 1.58. The van der Waals surface area contributed by atoms with Gasteiger partial charge in [0.05, 0.1) is 10.5 Å². The van der Waals surface area contributed by atoms with Crippen LogP contribution in [0.25, 0.3) is 0 Å². The van der Waals surface area contributed by atoms with Crippen LogP contribution in [-0.4, -0.2) is 16.7 Å². The highest BCUT2D eigenvalue weighted by Crippen LogP contribution is 2.19. The normalized spacial score (nSPS) is 11.0. The first-order valence-corrected chi connectivity index (χ1v) is 6.34. The average molecular weight is 299 g/mol. The van der Waals surface area contributed by atoms with E-state index in [9.17, 15) is 14.9 Å². The Morgan fingerprint density at radius 2 is 1.86 bits per heavy atom. The van der Waals surface area contributed by atoms with Gasteiger partial charge in [-0.05, 0) is 13.0 Å². The highest BCUT2D eigenvalue weighted by Gasteiger charge is 2.16. The van der Waals surface area contributed by atoms with Crippen LogP contribution in [0.1, 0.15) is 21.5 Å². The number of hydrogen-bond donors (Lipinski definition) is 1. The van der Waals surface area contributed by atoms with Gasteiger partial charge in [0.15, 0.2) is 5.84 Å². The van der Waals surface area contributed by atoms with Crippen LogP contribution in [0.3, 0.4) is 0 Å². The molecule has 0 unspecified atom stereocenters. The molecule has 2 rings (SSSR count). The van der Waals surface area contributed by atoms with Crippen molar-refractivity contribution in [2.45, 2.75) is 6.92 Å². The lowest BCUT2D eigenvalue weighted by Gasteiger charge is -2.02. The lowest BCUT2D eigenvalue weighted by molar-refractivity contribution is -0.385. The highest BCUT2D eigenvalue weighted by atomic mass is 16.7. The van der Waals surface area contributed by atoms with Crippen molar-refractivity contribution in [2.75, 3.05) is 0 Å². The molecule has 0 atom stereocenters. The lowest BCUT2D eigenvalue weighted by atomic mass is 10.1. The van der Waals surface area contributed by atoms with Crippen LogP contribution in [0, 0.1) is 17.0 Å². The standard InChI is InChI=1S/C15H13N3O4/c1-10-7-8-12(9-13(10)18(20)21)15(19)22-17-14(16)11-5-3-2-4-6-11/h2-9H,1H3,(H2,16,17). The Morgan fingerprint density at radius 3 is 2.50 bits per heavy atom. The Balaban J connectivity index is 2.16. The molecule has 0 aliphatic carbocycles. The molecule has 0 aliphatic rings. The number of benzene rings is 2. The first kappa shape index (κ1) is 15.2. The SMILES string of the molecule is Cc1ccc(C(=O)O/N=C(\N)c2ccccc2)cc1[N+](=O)[O-]. The number of nitrogens with two attached hydrogens (primary N) is 1. The van der Waals surface area contributed by atoms with Gasteiger partial charge >= 0.3 is 5.97 Å². The van der Waals surface area contributed by atoms with E-state index in [2.05, 4.69) is 5.16 Å². The number of aryl methyl sites for hydroxylation is 1. The number of nitro groups is 1. The van der Waals surface area contributed by atoms with Crippen molar-refractivity contribution in [3.8, 4) is 0 Å². The van der Waals surface area contributed by atoms with Gasteiger partial charge in [0.25, 0.3) is 5.69 Å². The summed E-state index contributed by atoms with van der Waals surface area (Å²) in [6.07, 6.45) is 0. The Kier molecular flexibility index (Phi) is 4.47. The van der Waals surface area contributed by atoms with Crippen LogP contribution in [-0.2, 0) is 4.84 Å². The summed E-state index contributed by atoms with van der Waals surface area (Å²) in [5.74, 6) is -0.780. The van der Waals surface area contributed by atoms with E-state index in [1.54, 1.807) is 31.2 Å². The number of oxime groups is 1. The Labute approximate surface area is 126 Å². The summed E-state index contributed by atoms with van der Waals surface area (Å²) >= 11 is 0. The molecule has 0 saturated carbocycles. The van der Waals surface area contributed by atoms with Crippen LogP contribution in [0.5, 0.6) is 0 Å². The predicted octanol–water partition coefficient (Wildman–Crippen LogP) is 2.38. The van der Waals surface area contributed by atoms with Gasteiger partial charge in [-0.2, -0.15) is 0 Å². The second kappa shape index (κ2) is 6.49. The third-order valence-electron chi connectivity index (χ3n) is 2.94. The van der Waals surface area contributed by atoms with E-state index in [0.29, 0.717) is 11.1 Å². The van der Waals surface area contributed by atoms with Crippen molar-refractivity contribution in [3.63, 3.8) is 0 Å². The van der Waals surface area contributed by atoms with E-state index in [1.165, 1.54) is 12.1 Å². The molecule has 2 N–H and O–H groups in total. The summed E-state index contributed by atoms with van der Waals surface area (Å²) < 4.78 is 0. The Bertz CT molecular complexity index is 742. The van der Waals surface area contributed by atoms with Gasteiger partial charge < -0.3 is 10.6 Å². The van der Waals surface area contributed by atoms with Crippen molar-refractivity contribution in [1.29, 1.82) is 0 Å².